The van der Waals surface area contributed by atoms with Gasteiger partial charge in [-0.15, -0.1) is 0 Å². The fraction of sp³-hybridized carbons (Fsp3) is 0.509. The zero-order valence-electron chi connectivity index (χ0n) is 40.0. The minimum absolute atomic E-state index is 0.0254. The summed E-state index contributed by atoms with van der Waals surface area (Å²) in [6, 6.07) is 28.6. The molecule has 4 aliphatic rings. The number of hydroxylamine groups is 2. The lowest BCUT2D eigenvalue weighted by atomic mass is 9.41. The maximum Gasteiger partial charge on any atom is 0.251 e. The van der Waals surface area contributed by atoms with Crippen LogP contribution >= 0.6 is 0 Å². The number of nitrogens with zero attached hydrogens (tertiary/aromatic N) is 3. The van der Waals surface area contributed by atoms with Gasteiger partial charge in [0.05, 0.1) is 26.4 Å². The number of rotatable bonds is 18. The van der Waals surface area contributed by atoms with Crippen LogP contribution < -0.4 is 25.0 Å². The van der Waals surface area contributed by atoms with E-state index in [-0.39, 0.29) is 60.9 Å². The predicted octanol–water partition coefficient (Wildman–Crippen LogP) is 6.82. The second kappa shape index (κ2) is 20.3. The molecule has 9 atom stereocenters. The smallest absolute Gasteiger partial charge is 0.251 e. The number of carbonyl (C=O) groups is 2. The van der Waals surface area contributed by atoms with Gasteiger partial charge >= 0.3 is 0 Å². The van der Waals surface area contributed by atoms with Crippen LogP contribution in [0.3, 0.4) is 0 Å². The molecule has 65 heavy (non-hydrogen) atoms. The molecule has 0 aromatic heterocycles. The third-order valence-electron chi connectivity index (χ3n) is 14.7. The molecule has 12 nitrogen and oxygen atoms in total. The minimum Gasteiger partial charge on any atom is -0.497 e. The van der Waals surface area contributed by atoms with Crippen LogP contribution in [-0.4, -0.2) is 111 Å². The van der Waals surface area contributed by atoms with Crippen LogP contribution in [0.5, 0.6) is 11.5 Å². The van der Waals surface area contributed by atoms with E-state index in [1.807, 2.05) is 112 Å². The summed E-state index contributed by atoms with van der Waals surface area (Å²) in [6.45, 7) is 11.5. The normalized spacial score (nSPS) is 25.6. The molecule has 8 rings (SSSR count). The number of likely N-dealkylation sites (N-methyl/N-ethyl adjacent to an activating group) is 1. The van der Waals surface area contributed by atoms with Crippen LogP contribution in [-0.2, 0) is 29.2 Å². The van der Waals surface area contributed by atoms with E-state index in [1.165, 1.54) is 6.42 Å². The molecular weight excluding hydrogens is 819 g/mol. The van der Waals surface area contributed by atoms with Gasteiger partial charge in [-0.1, -0.05) is 88.4 Å². The molecule has 1 heterocycles. The molecule has 12 heteroatoms. The largest absolute Gasteiger partial charge is 0.497 e. The van der Waals surface area contributed by atoms with E-state index in [4.69, 9.17) is 14.3 Å². The van der Waals surface area contributed by atoms with E-state index >= 15 is 0 Å². The van der Waals surface area contributed by atoms with Crippen molar-refractivity contribution >= 4 is 17.5 Å². The van der Waals surface area contributed by atoms with Crippen LogP contribution in [0.25, 0.3) is 11.1 Å². The van der Waals surface area contributed by atoms with E-state index in [0.717, 1.165) is 39.3 Å². The number of carbonyl (C=O) groups excluding carboxylic acids is 2. The molecule has 0 radical (unpaired) electrons. The van der Waals surface area contributed by atoms with E-state index in [1.54, 1.807) is 19.1 Å². The standard InChI is InChI=1S/C53H71N5O7/c1-32-44-27-45(53(44,4)5)33(2)48(32)55-52(62)49-47(34(3)60)46(30-59)65-58(49)28-37-17-14-18-43(50(37)64-31-36-19-21-42(63-10)22-20-36)38-24-39(26-41(25-38)57(8)9)51(61)54-40(29-56(6)7)23-35-15-12-11-13-16-35/h11-22,24-26,32-34,40,44-49,59-60H,23,27-31H2,1-10H3,(H,54,61)(H,55,62)/t32-,33-,34-,40-,44-,45-,46-,47-,49-/m0/s1. The second-order valence-electron chi connectivity index (χ2n) is 19.9. The number of hydrogen-bond acceptors (Lipinski definition) is 10. The minimum atomic E-state index is -0.943. The van der Waals surface area contributed by atoms with Crippen molar-refractivity contribution in [2.24, 2.45) is 35.0 Å². The van der Waals surface area contributed by atoms with Crippen LogP contribution in [0.1, 0.15) is 68.1 Å². The van der Waals surface area contributed by atoms with E-state index < -0.39 is 24.2 Å². The highest BCUT2D eigenvalue weighted by molar-refractivity contribution is 5.97. The molecule has 4 fully saturated rings. The summed E-state index contributed by atoms with van der Waals surface area (Å²) in [5, 5.41) is 30.2. The molecule has 3 saturated carbocycles. The Balaban J connectivity index is 1.25. The number of hydrogen-bond donors (Lipinski definition) is 4. The summed E-state index contributed by atoms with van der Waals surface area (Å²) in [6.07, 6.45) is 0.108. The molecule has 4 aromatic rings. The Morgan fingerprint density at radius 1 is 0.923 bits per heavy atom. The highest BCUT2D eigenvalue weighted by Gasteiger charge is 2.60. The van der Waals surface area contributed by atoms with E-state index in [9.17, 15) is 19.8 Å². The fourth-order valence-corrected chi connectivity index (χ4v) is 11.2. The van der Waals surface area contributed by atoms with Gasteiger partial charge in [0.1, 0.15) is 30.3 Å². The Morgan fingerprint density at radius 2 is 1.62 bits per heavy atom. The molecule has 3 aliphatic carbocycles. The second-order valence-corrected chi connectivity index (χ2v) is 19.9. The van der Waals surface area contributed by atoms with Crippen LogP contribution in [0.2, 0.25) is 0 Å². The molecule has 2 bridgehead atoms. The molecule has 4 N–H and O–H groups in total. The Morgan fingerprint density at radius 3 is 2.22 bits per heavy atom. The number of aliphatic hydroxyl groups is 2. The van der Waals surface area contributed by atoms with E-state index in [2.05, 4.69) is 55.4 Å². The predicted molar refractivity (Wildman–Crippen MR) is 256 cm³/mol. The van der Waals surface area contributed by atoms with Crippen molar-refractivity contribution in [1.29, 1.82) is 0 Å². The lowest BCUT2D eigenvalue weighted by Gasteiger charge is -2.65. The first kappa shape index (κ1) is 48.0. The molecule has 0 unspecified atom stereocenters. The number of amides is 2. The number of ether oxygens (including phenoxy) is 2. The van der Waals surface area contributed by atoms with Crippen molar-refractivity contribution in [2.45, 2.75) is 90.9 Å². The van der Waals surface area contributed by atoms with Gasteiger partial charge < -0.3 is 40.1 Å². The highest BCUT2D eigenvalue weighted by atomic mass is 16.7. The number of anilines is 1. The number of fused-ring (bicyclic) bond motifs is 2. The van der Waals surface area contributed by atoms with Gasteiger partial charge in [0.25, 0.3) is 5.91 Å². The number of benzene rings is 4. The van der Waals surface area contributed by atoms with Gasteiger partial charge in [0.15, 0.2) is 0 Å². The molecule has 2 amide bonds. The zero-order chi connectivity index (χ0) is 46.7. The molecule has 1 aliphatic heterocycles. The van der Waals surface area contributed by atoms with Crippen LogP contribution in [0, 0.1) is 35.0 Å². The SMILES string of the molecule is COc1ccc(COc2c(CN3O[C@@H](CO)[C@H]([C@H](C)O)[C@H]3C(=O)NC3[C@@H](C)[C@@H]4C[C@@H]([C@@H]3C)C4(C)C)cccc2-c2cc(C(=O)N[C@@H](Cc3ccccc3)CN(C)C)cc(N(C)C)c2)cc1. The lowest BCUT2D eigenvalue weighted by molar-refractivity contribution is -0.185. The Kier molecular flexibility index (Phi) is 15.0. The first-order valence-corrected chi connectivity index (χ1v) is 23.2. The number of aliphatic hydroxyl groups excluding tert-OH is 2. The third-order valence-corrected chi connectivity index (χ3v) is 14.7. The molecule has 350 valence electrons. The summed E-state index contributed by atoms with van der Waals surface area (Å²) in [7, 11) is 9.55. The van der Waals surface area contributed by atoms with E-state index in [0.29, 0.717) is 36.1 Å². The van der Waals surface area contributed by atoms with Gasteiger partial charge in [-0.2, -0.15) is 5.06 Å². The molecule has 4 aromatic carbocycles. The zero-order valence-corrected chi connectivity index (χ0v) is 40.0. The van der Waals surface area contributed by atoms with Crippen molar-refractivity contribution < 1.29 is 34.1 Å². The van der Waals surface area contributed by atoms with Gasteiger partial charge in [-0.3, -0.25) is 14.4 Å². The van der Waals surface area contributed by atoms with Crippen LogP contribution in [0.4, 0.5) is 5.69 Å². The van der Waals surface area contributed by atoms with Crippen LogP contribution in [0.15, 0.2) is 91.0 Å². The number of methoxy groups -OCH3 is 1. The Bertz CT molecular complexity index is 2230. The summed E-state index contributed by atoms with van der Waals surface area (Å²) < 4.78 is 12.3. The van der Waals surface area contributed by atoms with Gasteiger partial charge in [-0.25, -0.2) is 0 Å². The number of nitrogens with one attached hydrogen (secondary N) is 2. The third kappa shape index (κ3) is 10.4. The average molecular weight is 890 g/mol. The monoisotopic (exact) mass is 890 g/mol. The highest BCUT2D eigenvalue weighted by Crippen LogP contribution is 2.63. The molecule has 0 spiro atoms. The van der Waals surface area contributed by atoms with Gasteiger partial charge in [0, 0.05) is 61.0 Å². The Labute approximate surface area is 386 Å². The summed E-state index contributed by atoms with van der Waals surface area (Å²) in [5.74, 6) is 1.79. The lowest BCUT2D eigenvalue weighted by Crippen LogP contribution is -2.66. The molecule has 1 saturated heterocycles. The maximum atomic E-state index is 14.7. The number of para-hydroxylation sites is 1. The first-order chi connectivity index (χ1) is 31.0. The van der Waals surface area contributed by atoms with Crippen molar-refractivity contribution in [2.75, 3.05) is 53.4 Å². The van der Waals surface area contributed by atoms with Gasteiger partial charge in [0.2, 0.25) is 5.91 Å². The van der Waals surface area contributed by atoms with Crippen molar-refractivity contribution in [3.05, 3.63) is 113 Å². The Hall–Kier alpha value is -4.98. The van der Waals surface area contributed by atoms with Gasteiger partial charge in [-0.05, 0) is 110 Å². The fourth-order valence-electron chi connectivity index (χ4n) is 11.2. The maximum absolute atomic E-state index is 14.7. The first-order valence-electron chi connectivity index (χ1n) is 23.2. The quantitative estimate of drug-likeness (QED) is 0.0844. The summed E-state index contributed by atoms with van der Waals surface area (Å²) >= 11 is 0. The summed E-state index contributed by atoms with van der Waals surface area (Å²) in [4.78, 5) is 39.6. The van der Waals surface area contributed by atoms with Crippen molar-refractivity contribution in [3.63, 3.8) is 0 Å². The molecular formula is C53H71N5O7. The van der Waals surface area contributed by atoms with Crippen molar-refractivity contribution in [3.8, 4) is 22.6 Å². The summed E-state index contributed by atoms with van der Waals surface area (Å²) in [5.41, 5.74) is 5.88. The topological polar surface area (TPSA) is 136 Å². The average Bonchev–Trinajstić information content (AvgIpc) is 3.65. The van der Waals surface area contributed by atoms with Crippen molar-refractivity contribution in [1.82, 2.24) is 20.6 Å².